The van der Waals surface area contributed by atoms with E-state index < -0.39 is 0 Å². The number of thioether (sulfide) groups is 1. The first kappa shape index (κ1) is 20.8. The van der Waals surface area contributed by atoms with E-state index in [1.165, 1.54) is 5.56 Å². The molecule has 6 heteroatoms. The van der Waals surface area contributed by atoms with Crippen molar-refractivity contribution in [1.29, 1.82) is 0 Å². The number of carbonyl (C=O) groups excluding carboxylic acids is 1. The predicted octanol–water partition coefficient (Wildman–Crippen LogP) is 4.88. The molecule has 1 amide bonds. The van der Waals surface area contributed by atoms with Gasteiger partial charge in [0.15, 0.2) is 4.80 Å². The summed E-state index contributed by atoms with van der Waals surface area (Å²) in [7, 11) is 0. The van der Waals surface area contributed by atoms with Crippen LogP contribution in [0.25, 0.3) is 10.2 Å². The number of rotatable bonds is 10. The van der Waals surface area contributed by atoms with E-state index in [9.17, 15) is 4.79 Å². The zero-order valence-electron chi connectivity index (χ0n) is 16.2. The van der Waals surface area contributed by atoms with Crippen LogP contribution in [0.3, 0.4) is 0 Å². The molecule has 0 aliphatic heterocycles. The Labute approximate surface area is 174 Å². The van der Waals surface area contributed by atoms with Crippen LogP contribution in [0, 0.1) is 0 Å². The molecular formula is C22H26N2O2S2. The molecule has 3 aromatic rings. The van der Waals surface area contributed by atoms with E-state index in [1.54, 1.807) is 11.3 Å². The highest BCUT2D eigenvalue weighted by Crippen LogP contribution is 2.17. The van der Waals surface area contributed by atoms with Crippen LogP contribution >= 0.6 is 23.1 Å². The second-order valence-electron chi connectivity index (χ2n) is 6.35. The number of thiazole rings is 1. The molecule has 0 aliphatic carbocycles. The highest BCUT2D eigenvalue weighted by molar-refractivity contribution is 7.98. The van der Waals surface area contributed by atoms with Gasteiger partial charge in [0.2, 0.25) is 5.91 Å². The molecule has 0 saturated heterocycles. The summed E-state index contributed by atoms with van der Waals surface area (Å²) in [5, 5.41) is 0. The fourth-order valence-corrected chi connectivity index (χ4v) is 4.87. The Bertz CT molecular complexity index is 948. The van der Waals surface area contributed by atoms with Crippen LogP contribution in [0.2, 0.25) is 0 Å². The minimum atomic E-state index is -0.0444. The summed E-state index contributed by atoms with van der Waals surface area (Å²) in [5.41, 5.74) is 2.43. The molecule has 1 heterocycles. The van der Waals surface area contributed by atoms with Crippen molar-refractivity contribution >= 4 is 39.2 Å². The minimum Gasteiger partial charge on any atom is -0.380 e. The molecule has 148 valence electrons. The first-order valence-electron chi connectivity index (χ1n) is 9.63. The van der Waals surface area contributed by atoms with E-state index in [0.29, 0.717) is 26.2 Å². The Hall–Kier alpha value is -1.89. The first-order chi connectivity index (χ1) is 13.8. The Morgan fingerprint density at radius 2 is 1.93 bits per heavy atom. The van der Waals surface area contributed by atoms with E-state index in [4.69, 9.17) is 4.74 Å². The van der Waals surface area contributed by atoms with Gasteiger partial charge < -0.3 is 9.30 Å². The van der Waals surface area contributed by atoms with Crippen molar-refractivity contribution < 1.29 is 9.53 Å². The number of benzene rings is 2. The SMILES string of the molecule is CCOCCn1c(=NC(=O)CCCSCc2ccccc2)sc2ccccc21. The lowest BCUT2D eigenvalue weighted by Gasteiger charge is -2.05. The van der Waals surface area contributed by atoms with E-state index in [1.807, 2.05) is 36.9 Å². The summed E-state index contributed by atoms with van der Waals surface area (Å²) >= 11 is 3.43. The maximum atomic E-state index is 12.4. The van der Waals surface area contributed by atoms with Gasteiger partial charge in [0.25, 0.3) is 0 Å². The highest BCUT2D eigenvalue weighted by Gasteiger charge is 2.07. The molecule has 0 spiro atoms. The normalized spacial score (nSPS) is 12.0. The van der Waals surface area contributed by atoms with E-state index in [-0.39, 0.29) is 5.91 Å². The Kier molecular flexibility index (Phi) is 8.33. The van der Waals surface area contributed by atoms with Crippen molar-refractivity contribution in [3.05, 3.63) is 65.0 Å². The molecule has 0 bridgehead atoms. The summed E-state index contributed by atoms with van der Waals surface area (Å²) < 4.78 is 8.74. The minimum absolute atomic E-state index is 0.0444. The lowest BCUT2D eigenvalue weighted by atomic mass is 10.2. The Morgan fingerprint density at radius 1 is 1.14 bits per heavy atom. The third-order valence-electron chi connectivity index (χ3n) is 4.26. The monoisotopic (exact) mass is 414 g/mol. The first-order valence-corrected chi connectivity index (χ1v) is 11.6. The number of carbonyl (C=O) groups is 1. The van der Waals surface area contributed by atoms with Crippen molar-refractivity contribution in [2.45, 2.75) is 32.1 Å². The van der Waals surface area contributed by atoms with Gasteiger partial charge in [-0.25, -0.2) is 0 Å². The zero-order valence-corrected chi connectivity index (χ0v) is 17.8. The lowest BCUT2D eigenvalue weighted by molar-refractivity contribution is -0.118. The van der Waals surface area contributed by atoms with Gasteiger partial charge in [-0.05, 0) is 36.8 Å². The third kappa shape index (κ3) is 6.06. The molecule has 0 atom stereocenters. The molecule has 28 heavy (non-hydrogen) atoms. The fourth-order valence-electron chi connectivity index (χ4n) is 2.87. The number of hydrogen-bond acceptors (Lipinski definition) is 4. The van der Waals surface area contributed by atoms with Crippen LogP contribution in [0.4, 0.5) is 0 Å². The largest absolute Gasteiger partial charge is 0.380 e. The van der Waals surface area contributed by atoms with Gasteiger partial charge in [0.1, 0.15) is 0 Å². The van der Waals surface area contributed by atoms with Crippen molar-refractivity contribution in [3.63, 3.8) is 0 Å². The standard InChI is InChI=1S/C22H26N2O2S2/c1-2-26-15-14-24-19-11-6-7-12-20(19)28-22(24)23-21(25)13-8-16-27-17-18-9-4-3-5-10-18/h3-7,9-12H,2,8,13-17H2,1H3. The van der Waals surface area contributed by atoms with Crippen molar-refractivity contribution in [2.24, 2.45) is 4.99 Å². The highest BCUT2D eigenvalue weighted by atomic mass is 32.2. The van der Waals surface area contributed by atoms with Crippen LogP contribution < -0.4 is 4.80 Å². The number of ether oxygens (including phenoxy) is 1. The molecule has 3 rings (SSSR count). The molecule has 0 saturated carbocycles. The summed E-state index contributed by atoms with van der Waals surface area (Å²) in [4.78, 5) is 17.6. The van der Waals surface area contributed by atoms with E-state index in [0.717, 1.165) is 32.9 Å². The number of para-hydroxylation sites is 1. The molecule has 0 radical (unpaired) electrons. The molecule has 0 aliphatic rings. The smallest absolute Gasteiger partial charge is 0.248 e. The van der Waals surface area contributed by atoms with Crippen molar-refractivity contribution in [1.82, 2.24) is 4.57 Å². The summed E-state index contributed by atoms with van der Waals surface area (Å²) in [6, 6.07) is 18.6. The maximum absolute atomic E-state index is 12.4. The summed E-state index contributed by atoms with van der Waals surface area (Å²) in [6.45, 7) is 4.00. The quantitative estimate of drug-likeness (QED) is 0.444. The van der Waals surface area contributed by atoms with Crippen LogP contribution in [0.5, 0.6) is 0 Å². The Morgan fingerprint density at radius 3 is 2.75 bits per heavy atom. The van der Waals surface area contributed by atoms with E-state index >= 15 is 0 Å². The lowest BCUT2D eigenvalue weighted by Crippen LogP contribution is -2.19. The molecular weight excluding hydrogens is 388 g/mol. The van der Waals surface area contributed by atoms with Crippen molar-refractivity contribution in [3.8, 4) is 0 Å². The van der Waals surface area contributed by atoms with Gasteiger partial charge in [-0.1, -0.05) is 53.8 Å². The molecule has 4 nitrogen and oxygen atoms in total. The number of hydrogen-bond donors (Lipinski definition) is 0. The summed E-state index contributed by atoms with van der Waals surface area (Å²) in [5.74, 6) is 1.91. The predicted molar refractivity (Wildman–Crippen MR) is 119 cm³/mol. The molecule has 1 aromatic heterocycles. The van der Waals surface area contributed by atoms with Crippen LogP contribution in [-0.2, 0) is 21.8 Å². The summed E-state index contributed by atoms with van der Waals surface area (Å²) in [6.07, 6.45) is 1.34. The second-order valence-corrected chi connectivity index (χ2v) is 8.46. The van der Waals surface area contributed by atoms with Crippen LogP contribution in [-0.4, -0.2) is 29.4 Å². The Balaban J connectivity index is 1.58. The number of fused-ring (bicyclic) bond motifs is 1. The van der Waals surface area contributed by atoms with Crippen molar-refractivity contribution in [2.75, 3.05) is 19.0 Å². The molecule has 0 N–H and O–H groups in total. The van der Waals surface area contributed by atoms with Gasteiger partial charge in [0, 0.05) is 25.3 Å². The fraction of sp³-hybridized carbons (Fsp3) is 0.364. The average Bonchev–Trinajstić information content (AvgIpc) is 3.06. The maximum Gasteiger partial charge on any atom is 0.248 e. The third-order valence-corrected chi connectivity index (χ3v) is 6.44. The zero-order chi connectivity index (χ0) is 19.6. The van der Waals surface area contributed by atoms with Gasteiger partial charge in [-0.3, -0.25) is 4.79 Å². The van der Waals surface area contributed by atoms with Gasteiger partial charge in [-0.15, -0.1) is 0 Å². The van der Waals surface area contributed by atoms with E-state index in [2.05, 4.69) is 46.0 Å². The number of amides is 1. The number of aromatic nitrogens is 1. The van der Waals surface area contributed by atoms with Gasteiger partial charge >= 0.3 is 0 Å². The second kappa shape index (κ2) is 11.2. The van der Waals surface area contributed by atoms with Gasteiger partial charge in [0.05, 0.1) is 16.8 Å². The number of nitrogens with zero attached hydrogens (tertiary/aromatic N) is 2. The van der Waals surface area contributed by atoms with Crippen LogP contribution in [0.15, 0.2) is 59.6 Å². The topological polar surface area (TPSA) is 43.6 Å². The molecule has 0 unspecified atom stereocenters. The average molecular weight is 415 g/mol. The molecule has 2 aromatic carbocycles. The van der Waals surface area contributed by atoms with Gasteiger partial charge in [-0.2, -0.15) is 16.8 Å². The molecule has 0 fully saturated rings. The van der Waals surface area contributed by atoms with Crippen LogP contribution in [0.1, 0.15) is 25.3 Å².